The molecular weight excluding hydrogens is 372 g/mol. The molecule has 1 heterocycles. The molecule has 0 aliphatic carbocycles. The van der Waals surface area contributed by atoms with Crippen molar-refractivity contribution in [3.8, 4) is 0 Å². The number of carbonyl (C=O) groups excluding carboxylic acids is 2. The molecule has 4 heteroatoms. The third-order valence-corrected chi connectivity index (χ3v) is 4.99. The molecule has 3 aromatic rings. The van der Waals surface area contributed by atoms with Gasteiger partial charge in [-0.05, 0) is 66.8 Å². The van der Waals surface area contributed by atoms with Crippen molar-refractivity contribution < 1.29 is 9.59 Å². The van der Waals surface area contributed by atoms with Crippen LogP contribution in [0.3, 0.4) is 0 Å². The van der Waals surface area contributed by atoms with E-state index in [9.17, 15) is 9.59 Å². The molecule has 0 aliphatic heterocycles. The Hall–Kier alpha value is -3.27. The minimum absolute atomic E-state index is 0.202. The third-order valence-electron chi connectivity index (χ3n) is 4.99. The number of carbonyl (C=O) groups is 2. The van der Waals surface area contributed by atoms with Crippen molar-refractivity contribution in [2.24, 2.45) is 4.99 Å². The molecule has 0 saturated heterocycles. The Morgan fingerprint density at radius 1 is 0.767 bits per heavy atom. The molecule has 0 fully saturated rings. The highest BCUT2D eigenvalue weighted by atomic mass is 16.2. The van der Waals surface area contributed by atoms with Crippen LogP contribution in [0.2, 0.25) is 0 Å². The summed E-state index contributed by atoms with van der Waals surface area (Å²) in [6, 6.07) is 18.7. The van der Waals surface area contributed by atoms with Crippen molar-refractivity contribution in [2.75, 3.05) is 0 Å². The Kier molecular flexibility index (Phi) is 7.12. The average Bonchev–Trinajstić information content (AvgIpc) is 2.76. The van der Waals surface area contributed by atoms with Gasteiger partial charge in [0.2, 0.25) is 0 Å². The van der Waals surface area contributed by atoms with Gasteiger partial charge in [0, 0.05) is 17.3 Å². The van der Waals surface area contributed by atoms with Gasteiger partial charge in [-0.15, -0.1) is 0 Å². The predicted molar refractivity (Wildman–Crippen MR) is 120 cm³/mol. The molecule has 1 aromatic heterocycles. The number of benzene rings is 2. The molecule has 30 heavy (non-hydrogen) atoms. The zero-order valence-corrected chi connectivity index (χ0v) is 17.9. The lowest BCUT2D eigenvalue weighted by atomic mass is 10.1. The Labute approximate surface area is 177 Å². The van der Waals surface area contributed by atoms with E-state index < -0.39 is 0 Å². The first-order chi connectivity index (χ1) is 14.5. The molecule has 0 bridgehead atoms. The number of aryl methyl sites for hydroxylation is 3. The first kappa shape index (κ1) is 21.4. The van der Waals surface area contributed by atoms with Gasteiger partial charge < -0.3 is 0 Å². The summed E-state index contributed by atoms with van der Waals surface area (Å²) in [6.07, 6.45) is 5.80. The highest BCUT2D eigenvalue weighted by Crippen LogP contribution is 2.10. The van der Waals surface area contributed by atoms with Crippen LogP contribution in [0.4, 0.5) is 0 Å². The van der Waals surface area contributed by atoms with E-state index in [0.29, 0.717) is 16.6 Å². The zero-order chi connectivity index (χ0) is 21.5. The second kappa shape index (κ2) is 9.97. The molecule has 0 spiro atoms. The molecule has 3 rings (SSSR count). The third kappa shape index (κ3) is 5.20. The fourth-order valence-electron chi connectivity index (χ4n) is 3.37. The topological polar surface area (TPSA) is 51.4 Å². The smallest absolute Gasteiger partial charge is 0.268 e. The van der Waals surface area contributed by atoms with Crippen LogP contribution in [0, 0.1) is 6.92 Å². The van der Waals surface area contributed by atoms with Crippen molar-refractivity contribution in [1.82, 2.24) is 4.57 Å². The van der Waals surface area contributed by atoms with Gasteiger partial charge in [-0.25, -0.2) is 0 Å². The van der Waals surface area contributed by atoms with E-state index in [1.165, 1.54) is 15.7 Å². The molecule has 0 radical (unpaired) electrons. The lowest BCUT2D eigenvalue weighted by Crippen LogP contribution is -2.28. The fourth-order valence-corrected chi connectivity index (χ4v) is 3.37. The molecule has 0 N–H and O–H groups in total. The van der Waals surface area contributed by atoms with Gasteiger partial charge >= 0.3 is 0 Å². The van der Waals surface area contributed by atoms with Gasteiger partial charge in [-0.2, -0.15) is 4.99 Å². The Morgan fingerprint density at radius 2 is 1.30 bits per heavy atom. The molecule has 4 nitrogen and oxygen atoms in total. The molecule has 0 atom stereocenters. The SMILES string of the molecule is CCCc1ccc(C(=O)N=c2ccc(C)cn2C(=O)c2ccc(CCC)cc2)cc1. The van der Waals surface area contributed by atoms with Crippen molar-refractivity contribution in [2.45, 2.75) is 46.5 Å². The number of amides is 1. The molecule has 0 aliphatic rings. The minimum Gasteiger partial charge on any atom is -0.268 e. The summed E-state index contributed by atoms with van der Waals surface area (Å²) in [5, 5.41) is 0. The zero-order valence-electron chi connectivity index (χ0n) is 17.9. The van der Waals surface area contributed by atoms with Crippen LogP contribution in [0.5, 0.6) is 0 Å². The van der Waals surface area contributed by atoms with Crippen molar-refractivity contribution in [3.05, 3.63) is 100 Å². The average molecular weight is 401 g/mol. The summed E-state index contributed by atoms with van der Waals surface area (Å²) >= 11 is 0. The minimum atomic E-state index is -0.359. The maximum absolute atomic E-state index is 13.1. The number of hydrogen-bond acceptors (Lipinski definition) is 2. The van der Waals surface area contributed by atoms with Crippen LogP contribution in [0.1, 0.15) is 64.1 Å². The monoisotopic (exact) mass is 400 g/mol. The maximum atomic E-state index is 13.1. The van der Waals surface area contributed by atoms with Crippen LogP contribution in [0.15, 0.2) is 71.9 Å². The fraction of sp³-hybridized carbons (Fsp3) is 0.269. The van der Waals surface area contributed by atoms with Gasteiger partial charge in [0.1, 0.15) is 5.49 Å². The van der Waals surface area contributed by atoms with Crippen LogP contribution in [-0.4, -0.2) is 16.4 Å². The molecule has 1 amide bonds. The van der Waals surface area contributed by atoms with Crippen LogP contribution in [0.25, 0.3) is 0 Å². The lowest BCUT2D eigenvalue weighted by Gasteiger charge is -2.08. The van der Waals surface area contributed by atoms with Crippen LogP contribution < -0.4 is 5.49 Å². The molecule has 2 aromatic carbocycles. The van der Waals surface area contributed by atoms with E-state index in [0.717, 1.165) is 31.2 Å². The number of pyridine rings is 1. The quantitative estimate of drug-likeness (QED) is 0.576. The van der Waals surface area contributed by atoms with Gasteiger partial charge in [-0.3, -0.25) is 14.2 Å². The van der Waals surface area contributed by atoms with Crippen molar-refractivity contribution >= 4 is 11.8 Å². The summed E-state index contributed by atoms with van der Waals surface area (Å²) in [5.74, 6) is -0.562. The highest BCUT2D eigenvalue weighted by molar-refractivity contribution is 5.97. The van der Waals surface area contributed by atoms with E-state index in [2.05, 4.69) is 18.8 Å². The van der Waals surface area contributed by atoms with Gasteiger partial charge in [-0.1, -0.05) is 57.0 Å². The number of rotatable bonds is 6. The van der Waals surface area contributed by atoms with Crippen LogP contribution in [-0.2, 0) is 12.8 Å². The highest BCUT2D eigenvalue weighted by Gasteiger charge is 2.11. The van der Waals surface area contributed by atoms with Gasteiger partial charge in [0.05, 0.1) is 0 Å². The summed E-state index contributed by atoms with van der Waals surface area (Å²) in [7, 11) is 0. The normalized spacial score (nSPS) is 11.5. The largest absolute Gasteiger partial charge is 0.278 e. The second-order valence-corrected chi connectivity index (χ2v) is 7.55. The van der Waals surface area contributed by atoms with E-state index in [4.69, 9.17) is 0 Å². The van der Waals surface area contributed by atoms with Crippen molar-refractivity contribution in [3.63, 3.8) is 0 Å². The molecule has 154 valence electrons. The molecule has 0 saturated carbocycles. The summed E-state index contributed by atoms with van der Waals surface area (Å²) in [6.45, 7) is 6.16. The van der Waals surface area contributed by atoms with E-state index >= 15 is 0 Å². The molecular formula is C26H28N2O2. The Morgan fingerprint density at radius 3 is 1.83 bits per heavy atom. The van der Waals surface area contributed by atoms with E-state index in [1.807, 2.05) is 49.4 Å². The summed E-state index contributed by atoms with van der Waals surface area (Å²) < 4.78 is 1.45. The Balaban J connectivity index is 1.94. The number of hydrogen-bond donors (Lipinski definition) is 0. The lowest BCUT2D eigenvalue weighted by molar-refractivity contribution is 0.0953. The van der Waals surface area contributed by atoms with Gasteiger partial charge in [0.15, 0.2) is 0 Å². The maximum Gasteiger partial charge on any atom is 0.278 e. The summed E-state index contributed by atoms with van der Waals surface area (Å²) in [4.78, 5) is 30.1. The molecule has 0 unspecified atom stereocenters. The van der Waals surface area contributed by atoms with E-state index in [1.54, 1.807) is 24.4 Å². The van der Waals surface area contributed by atoms with Crippen molar-refractivity contribution in [1.29, 1.82) is 0 Å². The first-order valence-corrected chi connectivity index (χ1v) is 10.5. The van der Waals surface area contributed by atoms with E-state index in [-0.39, 0.29) is 11.8 Å². The Bertz CT molecular complexity index is 1090. The van der Waals surface area contributed by atoms with Gasteiger partial charge in [0.25, 0.3) is 11.8 Å². The predicted octanol–water partition coefficient (Wildman–Crippen LogP) is 5.13. The van der Waals surface area contributed by atoms with Crippen LogP contribution >= 0.6 is 0 Å². The number of nitrogens with zero attached hydrogens (tertiary/aromatic N) is 2. The second-order valence-electron chi connectivity index (χ2n) is 7.55. The summed E-state index contributed by atoms with van der Waals surface area (Å²) in [5.41, 5.74) is 4.72. The number of aromatic nitrogens is 1. The first-order valence-electron chi connectivity index (χ1n) is 10.5. The standard InChI is InChI=1S/C26H28N2O2/c1-4-6-20-9-13-22(14-10-20)25(29)27-24-17-8-19(3)18-28(24)26(30)23-15-11-21(7-5-2)12-16-23/h8-18H,4-7H2,1-3H3.